The molecule has 0 fully saturated rings. The van der Waals surface area contributed by atoms with Gasteiger partial charge in [0.15, 0.2) is 0 Å². The van der Waals surface area contributed by atoms with Gasteiger partial charge in [-0.15, -0.1) is 0 Å². The average Bonchev–Trinajstić information content (AvgIpc) is 3.17. The molecule has 2 aromatic heterocycles. The minimum atomic E-state index is -0.554. The van der Waals surface area contributed by atoms with E-state index in [1.165, 1.54) is 24.5 Å². The smallest absolute Gasteiger partial charge is 0.267 e. The molecule has 9 heteroatoms. The molecule has 1 N–H and O–H groups in total. The van der Waals surface area contributed by atoms with Crippen LogP contribution in [0.5, 0.6) is 5.75 Å². The highest BCUT2D eigenvalue weighted by molar-refractivity contribution is 5.91. The van der Waals surface area contributed by atoms with Crippen LogP contribution in [0.1, 0.15) is 6.92 Å². The Morgan fingerprint density at radius 1 is 1.20 bits per heavy atom. The predicted octanol–water partition coefficient (Wildman–Crippen LogP) is 3.23. The molecule has 0 radical (unpaired) electrons. The first-order chi connectivity index (χ1) is 14.6. The molecule has 2 heterocycles. The molecule has 30 heavy (non-hydrogen) atoms. The minimum absolute atomic E-state index is 0.0106. The van der Waals surface area contributed by atoms with E-state index in [1.807, 2.05) is 6.92 Å². The van der Waals surface area contributed by atoms with Crippen LogP contribution in [-0.2, 0) is 11.3 Å². The Hall–Kier alpha value is -4.01. The first kappa shape index (κ1) is 19.3. The SMILES string of the molecule is CCOc1ccc(NC(=O)Cn2cnc3onc(-c4ccccc4F)c3c2=O)cc1. The maximum Gasteiger partial charge on any atom is 0.267 e. The normalized spacial score (nSPS) is 10.9. The fraction of sp³-hybridized carbons (Fsp3) is 0.143. The van der Waals surface area contributed by atoms with E-state index in [4.69, 9.17) is 9.26 Å². The molecular weight excluding hydrogens is 391 g/mol. The van der Waals surface area contributed by atoms with Crippen LogP contribution >= 0.6 is 0 Å². The summed E-state index contributed by atoms with van der Waals surface area (Å²) in [7, 11) is 0. The molecular formula is C21H17FN4O4. The Balaban J connectivity index is 1.59. The topological polar surface area (TPSA) is 99.2 Å². The van der Waals surface area contributed by atoms with Gasteiger partial charge in [-0.2, -0.15) is 0 Å². The van der Waals surface area contributed by atoms with Crippen molar-refractivity contribution in [1.29, 1.82) is 0 Å². The van der Waals surface area contributed by atoms with E-state index in [2.05, 4.69) is 15.5 Å². The lowest BCUT2D eigenvalue weighted by Gasteiger charge is -2.08. The molecule has 0 atom stereocenters. The summed E-state index contributed by atoms with van der Waals surface area (Å²) in [5, 5.41) is 6.51. The summed E-state index contributed by atoms with van der Waals surface area (Å²) in [6.45, 7) is 2.14. The van der Waals surface area contributed by atoms with Crippen LogP contribution in [0.2, 0.25) is 0 Å². The van der Waals surface area contributed by atoms with Crippen LogP contribution in [-0.4, -0.2) is 27.2 Å². The number of nitrogens with one attached hydrogen (secondary N) is 1. The van der Waals surface area contributed by atoms with Crippen molar-refractivity contribution >= 4 is 22.7 Å². The van der Waals surface area contributed by atoms with Crippen LogP contribution in [0.15, 0.2) is 64.2 Å². The third-order valence-corrected chi connectivity index (χ3v) is 4.36. The van der Waals surface area contributed by atoms with Gasteiger partial charge in [0.25, 0.3) is 11.3 Å². The van der Waals surface area contributed by atoms with Gasteiger partial charge in [0.1, 0.15) is 35.5 Å². The zero-order valence-corrected chi connectivity index (χ0v) is 16.0. The summed E-state index contributed by atoms with van der Waals surface area (Å²) in [4.78, 5) is 29.3. The molecule has 8 nitrogen and oxygen atoms in total. The molecule has 4 aromatic rings. The van der Waals surface area contributed by atoms with E-state index in [9.17, 15) is 14.0 Å². The predicted molar refractivity (Wildman–Crippen MR) is 108 cm³/mol. The number of carbonyl (C=O) groups excluding carboxylic acids is 1. The number of ether oxygens (including phenoxy) is 1. The Labute approximate surface area is 169 Å². The second-order valence-corrected chi connectivity index (χ2v) is 6.37. The molecule has 0 spiro atoms. The molecule has 0 unspecified atom stereocenters. The van der Waals surface area contributed by atoms with Crippen molar-refractivity contribution in [3.05, 3.63) is 71.0 Å². The van der Waals surface area contributed by atoms with Gasteiger partial charge in [-0.1, -0.05) is 17.3 Å². The first-order valence-electron chi connectivity index (χ1n) is 9.19. The van der Waals surface area contributed by atoms with Gasteiger partial charge < -0.3 is 14.6 Å². The number of anilines is 1. The van der Waals surface area contributed by atoms with E-state index < -0.39 is 17.3 Å². The standard InChI is InChI=1S/C21H17FN4O4/c1-2-29-14-9-7-13(8-10-14)24-17(27)11-26-12-23-20-18(21(26)28)19(25-30-20)15-5-3-4-6-16(15)22/h3-10,12H,2,11H2,1H3,(H,24,27). The van der Waals surface area contributed by atoms with Gasteiger partial charge in [-0.3, -0.25) is 14.2 Å². The molecule has 0 saturated heterocycles. The van der Waals surface area contributed by atoms with Crippen LogP contribution in [0.4, 0.5) is 10.1 Å². The molecule has 4 rings (SSSR count). The third-order valence-electron chi connectivity index (χ3n) is 4.36. The lowest BCUT2D eigenvalue weighted by molar-refractivity contribution is -0.116. The van der Waals surface area contributed by atoms with Crippen molar-refractivity contribution in [2.24, 2.45) is 0 Å². The Morgan fingerprint density at radius 2 is 1.97 bits per heavy atom. The van der Waals surface area contributed by atoms with Crippen LogP contribution in [0.25, 0.3) is 22.4 Å². The van der Waals surface area contributed by atoms with E-state index in [0.717, 1.165) is 4.57 Å². The largest absolute Gasteiger partial charge is 0.494 e. The van der Waals surface area contributed by atoms with Crippen molar-refractivity contribution in [3.8, 4) is 17.0 Å². The summed E-state index contributed by atoms with van der Waals surface area (Å²) < 4.78 is 25.7. The Kier molecular flexibility index (Phi) is 5.25. The Bertz CT molecular complexity index is 1260. The number of carbonyl (C=O) groups is 1. The summed E-state index contributed by atoms with van der Waals surface area (Å²) in [6, 6.07) is 12.8. The molecule has 0 aliphatic carbocycles. The fourth-order valence-electron chi connectivity index (χ4n) is 2.99. The number of hydrogen-bond donors (Lipinski definition) is 1. The maximum atomic E-state index is 14.2. The number of nitrogens with zero attached hydrogens (tertiary/aromatic N) is 3. The molecule has 152 valence electrons. The number of amides is 1. The number of rotatable bonds is 6. The van der Waals surface area contributed by atoms with E-state index in [0.29, 0.717) is 18.0 Å². The highest BCUT2D eigenvalue weighted by Crippen LogP contribution is 2.26. The van der Waals surface area contributed by atoms with Crippen molar-refractivity contribution in [2.75, 3.05) is 11.9 Å². The van der Waals surface area contributed by atoms with Crippen LogP contribution < -0.4 is 15.6 Å². The average molecular weight is 408 g/mol. The van der Waals surface area contributed by atoms with Crippen molar-refractivity contribution < 1.29 is 18.4 Å². The number of halogens is 1. The van der Waals surface area contributed by atoms with Gasteiger partial charge in [0.05, 0.1) is 6.61 Å². The third kappa shape index (κ3) is 3.77. The van der Waals surface area contributed by atoms with Crippen molar-refractivity contribution in [3.63, 3.8) is 0 Å². The van der Waals surface area contributed by atoms with Crippen molar-refractivity contribution in [1.82, 2.24) is 14.7 Å². The zero-order chi connectivity index (χ0) is 21.1. The number of fused-ring (bicyclic) bond motifs is 1. The van der Waals surface area contributed by atoms with Gasteiger partial charge in [0.2, 0.25) is 5.91 Å². The molecule has 0 aliphatic heterocycles. The number of aromatic nitrogens is 3. The molecule has 0 bridgehead atoms. The van der Waals surface area contributed by atoms with Crippen LogP contribution in [0.3, 0.4) is 0 Å². The summed E-state index contributed by atoms with van der Waals surface area (Å²) in [5.74, 6) is -0.281. The number of hydrogen-bond acceptors (Lipinski definition) is 6. The summed E-state index contributed by atoms with van der Waals surface area (Å²) >= 11 is 0. The highest BCUT2D eigenvalue weighted by atomic mass is 19.1. The summed E-state index contributed by atoms with van der Waals surface area (Å²) in [6.07, 6.45) is 1.19. The van der Waals surface area contributed by atoms with Gasteiger partial charge >= 0.3 is 0 Å². The zero-order valence-electron chi connectivity index (χ0n) is 16.0. The summed E-state index contributed by atoms with van der Waals surface area (Å²) in [5.41, 5.74) is 0.138. The maximum absolute atomic E-state index is 14.2. The molecule has 2 aromatic carbocycles. The molecule has 0 aliphatic rings. The fourth-order valence-corrected chi connectivity index (χ4v) is 2.99. The van der Waals surface area contributed by atoms with Gasteiger partial charge in [0, 0.05) is 11.3 Å². The second-order valence-electron chi connectivity index (χ2n) is 6.37. The first-order valence-corrected chi connectivity index (χ1v) is 9.19. The monoisotopic (exact) mass is 408 g/mol. The lowest BCUT2D eigenvalue weighted by Crippen LogP contribution is -2.27. The Morgan fingerprint density at radius 3 is 2.70 bits per heavy atom. The molecule has 1 amide bonds. The van der Waals surface area contributed by atoms with Crippen molar-refractivity contribution in [2.45, 2.75) is 13.5 Å². The van der Waals surface area contributed by atoms with E-state index in [1.54, 1.807) is 30.3 Å². The quantitative estimate of drug-likeness (QED) is 0.526. The van der Waals surface area contributed by atoms with E-state index >= 15 is 0 Å². The van der Waals surface area contributed by atoms with Crippen LogP contribution in [0, 0.1) is 5.82 Å². The molecule has 0 saturated carbocycles. The highest BCUT2D eigenvalue weighted by Gasteiger charge is 2.20. The van der Waals surface area contributed by atoms with Gasteiger partial charge in [-0.05, 0) is 43.3 Å². The second kappa shape index (κ2) is 8.16. The van der Waals surface area contributed by atoms with Gasteiger partial charge in [-0.25, -0.2) is 9.37 Å². The number of benzene rings is 2. The van der Waals surface area contributed by atoms with E-state index in [-0.39, 0.29) is 28.9 Å². The minimum Gasteiger partial charge on any atom is -0.494 e. The lowest BCUT2D eigenvalue weighted by atomic mass is 10.1.